The lowest BCUT2D eigenvalue weighted by Crippen LogP contribution is -2.45. The van der Waals surface area contributed by atoms with Crippen molar-refractivity contribution in [2.24, 2.45) is 11.7 Å². The van der Waals surface area contributed by atoms with Crippen molar-refractivity contribution in [1.29, 1.82) is 0 Å². The number of sulfonamides is 1. The van der Waals surface area contributed by atoms with E-state index in [9.17, 15) is 18.0 Å². The van der Waals surface area contributed by atoms with E-state index < -0.39 is 15.9 Å². The van der Waals surface area contributed by atoms with Crippen LogP contribution >= 0.6 is 0 Å². The molecule has 0 saturated carbocycles. The zero-order chi connectivity index (χ0) is 19.8. The van der Waals surface area contributed by atoms with E-state index in [1.807, 2.05) is 6.92 Å². The van der Waals surface area contributed by atoms with Crippen LogP contribution in [0.1, 0.15) is 40.5 Å². The van der Waals surface area contributed by atoms with Gasteiger partial charge in [0.05, 0.1) is 18.7 Å². The highest BCUT2D eigenvalue weighted by Gasteiger charge is 2.41. The van der Waals surface area contributed by atoms with Gasteiger partial charge in [-0.1, -0.05) is 0 Å². The molecule has 0 radical (unpaired) electrons. The molecule has 8 nitrogen and oxygen atoms in total. The molecule has 27 heavy (non-hydrogen) atoms. The summed E-state index contributed by atoms with van der Waals surface area (Å²) in [6.45, 7) is 3.15. The van der Waals surface area contributed by atoms with Crippen LogP contribution in [0.5, 0.6) is 0 Å². The van der Waals surface area contributed by atoms with Crippen LogP contribution in [-0.2, 0) is 14.8 Å². The number of amides is 2. The maximum Gasteiger partial charge on any atom is 0.269 e. The number of fused-ring (bicyclic) bond motifs is 1. The van der Waals surface area contributed by atoms with Crippen LogP contribution in [-0.4, -0.2) is 68.8 Å². The summed E-state index contributed by atoms with van der Waals surface area (Å²) in [7, 11) is -2.53. The summed E-state index contributed by atoms with van der Waals surface area (Å²) < 4.78 is 31.1. The van der Waals surface area contributed by atoms with Gasteiger partial charge >= 0.3 is 0 Å². The number of carbonyl (C=O) groups excluding carboxylic acids is 2. The number of nitrogens with two attached hydrogens (primary N) is 1. The topological polar surface area (TPSA) is 110 Å². The molecule has 9 heteroatoms. The minimum absolute atomic E-state index is 0.00652. The normalized spacial score (nSPS) is 22.6. The van der Waals surface area contributed by atoms with Crippen LogP contribution in [0.3, 0.4) is 0 Å². The van der Waals surface area contributed by atoms with E-state index in [1.54, 1.807) is 4.90 Å². The highest BCUT2D eigenvalue weighted by atomic mass is 32.2. The van der Waals surface area contributed by atoms with Crippen LogP contribution in [0.15, 0.2) is 23.1 Å². The molecule has 0 aliphatic carbocycles. The molecule has 2 unspecified atom stereocenters. The summed E-state index contributed by atoms with van der Waals surface area (Å²) in [5, 5.41) is 0. The Kier molecular flexibility index (Phi) is 5.55. The number of methoxy groups -OCH3 is 1. The Balaban J connectivity index is 1.87. The summed E-state index contributed by atoms with van der Waals surface area (Å²) in [6, 6.07) is 4.24. The number of hydrogen-bond donors (Lipinski definition) is 1. The average Bonchev–Trinajstić information content (AvgIpc) is 2.85. The number of benzene rings is 1. The third-order valence-corrected chi connectivity index (χ3v) is 7.06. The van der Waals surface area contributed by atoms with Gasteiger partial charge in [-0.3, -0.25) is 9.59 Å². The third-order valence-electron chi connectivity index (χ3n) is 5.24. The van der Waals surface area contributed by atoms with Gasteiger partial charge in [0.15, 0.2) is 0 Å². The molecule has 1 fully saturated rings. The molecule has 3 rings (SSSR count). The molecule has 2 aliphatic heterocycles. The maximum absolute atomic E-state index is 12.9. The summed E-state index contributed by atoms with van der Waals surface area (Å²) in [4.78, 5) is 26.9. The highest BCUT2D eigenvalue weighted by Crippen LogP contribution is 2.31. The summed E-state index contributed by atoms with van der Waals surface area (Å²) in [5.41, 5.74) is 6.34. The Morgan fingerprint density at radius 3 is 2.81 bits per heavy atom. The van der Waals surface area contributed by atoms with Crippen LogP contribution in [0.4, 0.5) is 0 Å². The molecule has 2 atom stereocenters. The minimum Gasteiger partial charge on any atom is -0.383 e. The third kappa shape index (κ3) is 3.59. The van der Waals surface area contributed by atoms with E-state index in [-0.39, 0.29) is 47.0 Å². The predicted molar refractivity (Wildman–Crippen MR) is 98.8 cm³/mol. The van der Waals surface area contributed by atoms with Gasteiger partial charge in [0.2, 0.25) is 0 Å². The predicted octanol–water partition coefficient (Wildman–Crippen LogP) is 0.677. The monoisotopic (exact) mass is 395 g/mol. The number of hydrogen-bond acceptors (Lipinski definition) is 6. The molecule has 1 saturated heterocycles. The molecule has 148 valence electrons. The van der Waals surface area contributed by atoms with Gasteiger partial charge in [-0.05, 0) is 43.9 Å². The van der Waals surface area contributed by atoms with Crippen molar-refractivity contribution in [3.63, 3.8) is 0 Å². The molecule has 2 N–H and O–H groups in total. The highest BCUT2D eigenvalue weighted by molar-refractivity contribution is 7.90. The van der Waals surface area contributed by atoms with Crippen molar-refractivity contribution in [2.75, 3.05) is 33.4 Å². The van der Waals surface area contributed by atoms with Crippen LogP contribution in [0.25, 0.3) is 0 Å². The van der Waals surface area contributed by atoms with Gasteiger partial charge in [-0.2, -0.15) is 0 Å². The molecule has 2 heterocycles. The summed E-state index contributed by atoms with van der Waals surface area (Å²) >= 11 is 0. The van der Waals surface area contributed by atoms with Crippen molar-refractivity contribution in [3.8, 4) is 0 Å². The molecule has 0 aromatic heterocycles. The maximum atomic E-state index is 12.9. The first kappa shape index (κ1) is 19.8. The summed E-state index contributed by atoms with van der Waals surface area (Å²) in [6.07, 6.45) is 1.84. The SMILES string of the molecule is COCCN1C(=O)c2ccc(C(=O)N3CCCC(C(C)N)C3)cc2S1(=O)=O. The van der Waals surface area contributed by atoms with Crippen molar-refractivity contribution in [2.45, 2.75) is 30.7 Å². The fourth-order valence-electron chi connectivity index (χ4n) is 3.61. The fourth-order valence-corrected chi connectivity index (χ4v) is 5.19. The number of carbonyl (C=O) groups is 2. The minimum atomic E-state index is -3.97. The second-order valence-corrected chi connectivity index (χ2v) is 8.93. The van der Waals surface area contributed by atoms with Crippen molar-refractivity contribution in [3.05, 3.63) is 29.3 Å². The van der Waals surface area contributed by atoms with E-state index in [0.29, 0.717) is 13.1 Å². The smallest absolute Gasteiger partial charge is 0.269 e. The fraction of sp³-hybridized carbons (Fsp3) is 0.556. The molecule has 2 amide bonds. The number of likely N-dealkylation sites (tertiary alicyclic amines) is 1. The first-order valence-corrected chi connectivity index (χ1v) is 10.5. The standard InChI is InChI=1S/C18H25N3O5S/c1-12(19)14-4-3-7-20(11-14)17(22)13-5-6-15-16(10-13)27(24,25)21(18(15)23)8-9-26-2/h5-6,10,12,14H,3-4,7-9,11,19H2,1-2H3. The van der Waals surface area contributed by atoms with Crippen molar-refractivity contribution >= 4 is 21.8 Å². The van der Waals surface area contributed by atoms with Crippen LogP contribution < -0.4 is 5.73 Å². The number of piperidine rings is 1. The van der Waals surface area contributed by atoms with Gasteiger partial charge in [0, 0.05) is 31.8 Å². The van der Waals surface area contributed by atoms with Crippen molar-refractivity contribution in [1.82, 2.24) is 9.21 Å². The largest absolute Gasteiger partial charge is 0.383 e. The van der Waals surface area contributed by atoms with Gasteiger partial charge < -0.3 is 15.4 Å². The number of ether oxygens (including phenoxy) is 1. The Morgan fingerprint density at radius 2 is 2.15 bits per heavy atom. The Bertz CT molecular complexity index is 853. The first-order chi connectivity index (χ1) is 12.8. The van der Waals surface area contributed by atoms with E-state index >= 15 is 0 Å². The van der Waals surface area contributed by atoms with E-state index in [4.69, 9.17) is 10.5 Å². The summed E-state index contributed by atoms with van der Waals surface area (Å²) in [5.74, 6) is -0.593. The van der Waals surface area contributed by atoms with Crippen LogP contribution in [0.2, 0.25) is 0 Å². The second kappa shape index (κ2) is 7.57. The zero-order valence-electron chi connectivity index (χ0n) is 15.6. The average molecular weight is 395 g/mol. The first-order valence-electron chi connectivity index (χ1n) is 9.02. The molecule has 1 aromatic rings. The molecule has 2 aliphatic rings. The Morgan fingerprint density at radius 1 is 1.41 bits per heavy atom. The lowest BCUT2D eigenvalue weighted by atomic mass is 9.92. The van der Waals surface area contributed by atoms with E-state index in [1.165, 1.54) is 25.3 Å². The quantitative estimate of drug-likeness (QED) is 0.785. The number of nitrogens with zero attached hydrogens (tertiary/aromatic N) is 2. The van der Waals surface area contributed by atoms with Gasteiger partial charge in [-0.15, -0.1) is 0 Å². The molecular formula is C18H25N3O5S. The zero-order valence-corrected chi connectivity index (χ0v) is 16.4. The lowest BCUT2D eigenvalue weighted by Gasteiger charge is -2.34. The lowest BCUT2D eigenvalue weighted by molar-refractivity contribution is 0.0660. The molecular weight excluding hydrogens is 370 g/mol. The second-order valence-electron chi connectivity index (χ2n) is 7.10. The van der Waals surface area contributed by atoms with Gasteiger partial charge in [0.25, 0.3) is 21.8 Å². The van der Waals surface area contributed by atoms with E-state index in [2.05, 4.69) is 0 Å². The molecule has 0 bridgehead atoms. The molecule has 0 spiro atoms. The van der Waals surface area contributed by atoms with E-state index in [0.717, 1.165) is 17.1 Å². The van der Waals surface area contributed by atoms with Gasteiger partial charge in [0.1, 0.15) is 4.90 Å². The Hall–Kier alpha value is -1.97. The van der Waals surface area contributed by atoms with Gasteiger partial charge in [-0.25, -0.2) is 12.7 Å². The van der Waals surface area contributed by atoms with Crippen LogP contribution in [0, 0.1) is 5.92 Å². The number of rotatable bonds is 5. The van der Waals surface area contributed by atoms with Crippen molar-refractivity contribution < 1.29 is 22.7 Å². The Labute approximate surface area is 159 Å². The molecule has 1 aromatic carbocycles.